The van der Waals surface area contributed by atoms with E-state index >= 15 is 0 Å². The maximum atomic E-state index is 14.0. The zero-order valence-electron chi connectivity index (χ0n) is 27.7. The molecule has 42 heavy (non-hydrogen) atoms. The molecule has 0 spiro atoms. The lowest BCUT2D eigenvalue weighted by atomic mass is 9.76. The minimum Gasteiger partial charge on any atom is -0.371 e. The molecular weight excluding hydrogens is 549 g/mol. The van der Waals surface area contributed by atoms with E-state index in [0.29, 0.717) is 24.0 Å². The zero-order chi connectivity index (χ0) is 31.6. The van der Waals surface area contributed by atoms with E-state index in [0.717, 1.165) is 50.3 Å². The molecule has 4 aliphatic rings. The van der Waals surface area contributed by atoms with Crippen molar-refractivity contribution < 1.29 is 8.78 Å². The summed E-state index contributed by atoms with van der Waals surface area (Å²) >= 11 is 0. The molecule has 3 aliphatic heterocycles. The number of nitrogens with one attached hydrogen (secondary N) is 2. The Balaban J connectivity index is 0.00000116. The fraction of sp³-hybridized carbons (Fsp3) is 0.879. The smallest absolute Gasteiger partial charge is 0.273 e. The first kappa shape index (κ1) is 37.4. The van der Waals surface area contributed by atoms with Gasteiger partial charge in [0.1, 0.15) is 0 Å². The molecule has 246 valence electrons. The lowest BCUT2D eigenvalue weighted by molar-refractivity contribution is 0.0144. The molecule has 4 rings (SSSR count). The Bertz CT molecular complexity index is 805. The number of nitrogens with zero attached hydrogens (tertiary/aromatic N) is 2. The van der Waals surface area contributed by atoms with E-state index < -0.39 is 23.9 Å². The minimum atomic E-state index is -2.95. The summed E-state index contributed by atoms with van der Waals surface area (Å²) in [4.78, 5) is 2.42. The maximum absolute atomic E-state index is 14.0. The molecule has 9 heteroatoms. The predicted molar refractivity (Wildman–Crippen MR) is 179 cm³/mol. The summed E-state index contributed by atoms with van der Waals surface area (Å²) in [6.45, 7) is 22.6. The largest absolute Gasteiger partial charge is 0.371 e. The maximum Gasteiger partial charge on any atom is 0.273 e. The molecule has 0 aromatic heterocycles. The van der Waals surface area contributed by atoms with Gasteiger partial charge in [-0.15, -0.1) is 0 Å². The molecule has 6 N–H and O–H groups in total. The molecule has 9 atom stereocenters. The van der Waals surface area contributed by atoms with Gasteiger partial charge >= 0.3 is 0 Å². The van der Waals surface area contributed by atoms with Crippen molar-refractivity contribution in [1.29, 1.82) is 0 Å². The molecule has 0 bridgehead atoms. The quantitative estimate of drug-likeness (QED) is 0.200. The van der Waals surface area contributed by atoms with E-state index in [1.807, 2.05) is 13.8 Å². The lowest BCUT2D eigenvalue weighted by Crippen LogP contribution is -2.66. The predicted octanol–water partition coefficient (Wildman–Crippen LogP) is 6.94. The zero-order valence-corrected chi connectivity index (χ0v) is 28.8. The number of likely N-dealkylation sites (tertiary alicyclic amines) is 1. The van der Waals surface area contributed by atoms with Crippen LogP contribution in [0.4, 0.5) is 8.78 Å². The molecule has 0 aromatic carbocycles. The fourth-order valence-electron chi connectivity index (χ4n) is 7.83. The second-order valence-corrected chi connectivity index (χ2v) is 13.6. The molecule has 6 nitrogen and oxygen atoms in total. The Hall–Kier alpha value is -0.790. The lowest BCUT2D eigenvalue weighted by Gasteiger charge is -2.51. The monoisotopic (exact) mass is 614 g/mol. The van der Waals surface area contributed by atoms with Crippen LogP contribution in [0.15, 0.2) is 24.6 Å². The van der Waals surface area contributed by atoms with Gasteiger partial charge in [-0.25, -0.2) is 14.2 Å². The third-order valence-electron chi connectivity index (χ3n) is 9.70. The van der Waals surface area contributed by atoms with Crippen LogP contribution in [-0.4, -0.2) is 58.5 Å². The third-order valence-corrected chi connectivity index (χ3v) is 10.1. The number of rotatable bonds is 10. The van der Waals surface area contributed by atoms with Gasteiger partial charge < -0.3 is 21.4 Å². The topological polar surface area (TPSA) is 82.6 Å². The Morgan fingerprint density at radius 3 is 2.17 bits per heavy atom. The molecule has 0 radical (unpaired) electrons. The van der Waals surface area contributed by atoms with Crippen LogP contribution in [-0.2, 0) is 0 Å². The third kappa shape index (κ3) is 9.12. The van der Waals surface area contributed by atoms with Crippen LogP contribution in [0.25, 0.3) is 0 Å². The number of nitrogens with two attached hydrogens (primary N) is 2. The number of piperidine rings is 2. The van der Waals surface area contributed by atoms with Crippen LogP contribution in [0.5, 0.6) is 0 Å². The highest BCUT2D eigenvalue weighted by atomic mass is 31.0. The number of hydrogen-bond donors (Lipinski definition) is 4. The SMILES string of the molecule is C=C(C1C(N)CC(C(F)(F)P)NC1N)N1CCC2C(C(CCC)NN2C(=C)CCC2CCCC2)C1CC.CC.CCC. The standard InChI is InChI=1S/C28H51F2N6P.C3H8.C2H6/c1-5-9-21-26-22(6-2)35(18(4)25-20(31)16-24(28(29,30)37)33-27(25)32)15-14-23(26)36(34-21)17(3)12-13-19-10-7-8-11-19;1-3-2;1-2/h19-27,33-34H,3-16,31-32,37H2,1-2H3;3H2,1-2H3;1-2H3. The van der Waals surface area contributed by atoms with E-state index in [2.05, 4.69) is 61.5 Å². The molecule has 9 unspecified atom stereocenters. The Kier molecular flexibility index (Phi) is 15.7. The van der Waals surface area contributed by atoms with E-state index in [1.54, 1.807) is 9.24 Å². The van der Waals surface area contributed by atoms with Crippen molar-refractivity contribution in [2.24, 2.45) is 29.2 Å². The Morgan fingerprint density at radius 2 is 1.64 bits per heavy atom. The van der Waals surface area contributed by atoms with E-state index in [4.69, 9.17) is 11.5 Å². The molecule has 3 heterocycles. The van der Waals surface area contributed by atoms with Gasteiger partial charge in [0.25, 0.3) is 5.66 Å². The molecular formula is C33H65F2N6P. The molecule has 0 aromatic rings. The van der Waals surface area contributed by atoms with Crippen LogP contribution in [0.1, 0.15) is 119 Å². The average molecular weight is 615 g/mol. The van der Waals surface area contributed by atoms with Crippen molar-refractivity contribution >= 4 is 9.24 Å². The molecule has 4 fully saturated rings. The number of hydrazine groups is 1. The fourth-order valence-corrected chi connectivity index (χ4v) is 8.06. The van der Waals surface area contributed by atoms with Gasteiger partial charge in [-0.1, -0.05) is 102 Å². The van der Waals surface area contributed by atoms with Gasteiger partial charge in [-0.2, -0.15) is 0 Å². The van der Waals surface area contributed by atoms with Gasteiger partial charge in [0, 0.05) is 47.9 Å². The number of fused-ring (bicyclic) bond motifs is 1. The number of allylic oxidation sites excluding steroid dienone is 1. The van der Waals surface area contributed by atoms with E-state index in [9.17, 15) is 8.78 Å². The number of hydrogen-bond acceptors (Lipinski definition) is 6. The van der Waals surface area contributed by atoms with Gasteiger partial charge in [-0.3, -0.25) is 5.32 Å². The summed E-state index contributed by atoms with van der Waals surface area (Å²) < 4.78 is 28.0. The van der Waals surface area contributed by atoms with Gasteiger partial charge in [0.15, 0.2) is 0 Å². The highest BCUT2D eigenvalue weighted by molar-refractivity contribution is 7.18. The first-order valence-electron chi connectivity index (χ1n) is 17.1. The van der Waals surface area contributed by atoms with Gasteiger partial charge in [0.05, 0.1) is 18.2 Å². The molecule has 1 saturated carbocycles. The van der Waals surface area contributed by atoms with Gasteiger partial charge in [-0.05, 0) is 44.4 Å². The number of alkyl halides is 2. The molecule has 3 saturated heterocycles. The van der Waals surface area contributed by atoms with E-state index in [1.165, 1.54) is 44.2 Å². The number of halogens is 2. The van der Waals surface area contributed by atoms with E-state index in [-0.39, 0.29) is 12.3 Å². The van der Waals surface area contributed by atoms with Crippen molar-refractivity contribution in [2.45, 2.75) is 161 Å². The van der Waals surface area contributed by atoms with Crippen molar-refractivity contribution in [1.82, 2.24) is 20.7 Å². The normalized spacial score (nSPS) is 33.3. The Labute approximate surface area is 259 Å². The average Bonchev–Trinajstić information content (AvgIpc) is 3.60. The van der Waals surface area contributed by atoms with Crippen LogP contribution >= 0.6 is 9.24 Å². The summed E-state index contributed by atoms with van der Waals surface area (Å²) in [6, 6.07) is -0.422. The minimum absolute atomic E-state index is 0.166. The van der Waals surface area contributed by atoms with Crippen LogP contribution in [0.3, 0.4) is 0 Å². The summed E-state index contributed by atoms with van der Waals surface area (Å²) in [7, 11) is 1.63. The first-order valence-corrected chi connectivity index (χ1v) is 17.7. The second-order valence-electron chi connectivity index (χ2n) is 12.8. The first-order chi connectivity index (χ1) is 20.0. The highest BCUT2D eigenvalue weighted by Gasteiger charge is 2.51. The summed E-state index contributed by atoms with van der Waals surface area (Å²) in [5.41, 5.74) is 16.0. The summed E-state index contributed by atoms with van der Waals surface area (Å²) in [5.74, 6) is 1.02. The van der Waals surface area contributed by atoms with Crippen molar-refractivity contribution in [2.75, 3.05) is 6.54 Å². The summed E-state index contributed by atoms with van der Waals surface area (Å²) in [6.07, 6.45) is 12.8. The molecule has 0 amide bonds. The van der Waals surface area contributed by atoms with Crippen LogP contribution in [0.2, 0.25) is 0 Å². The van der Waals surface area contributed by atoms with Crippen LogP contribution < -0.4 is 22.2 Å². The van der Waals surface area contributed by atoms with Crippen molar-refractivity contribution in [3.05, 3.63) is 24.6 Å². The second kappa shape index (κ2) is 17.6. The van der Waals surface area contributed by atoms with Crippen molar-refractivity contribution in [3.8, 4) is 0 Å². The molecule has 1 aliphatic carbocycles. The van der Waals surface area contributed by atoms with Crippen molar-refractivity contribution in [3.63, 3.8) is 0 Å². The highest BCUT2D eigenvalue weighted by Crippen LogP contribution is 2.43. The Morgan fingerprint density at radius 1 is 1.02 bits per heavy atom. The van der Waals surface area contributed by atoms with Gasteiger partial charge in [0.2, 0.25) is 0 Å². The van der Waals surface area contributed by atoms with Crippen LogP contribution in [0, 0.1) is 17.8 Å². The summed E-state index contributed by atoms with van der Waals surface area (Å²) in [5, 5.41) is 5.36.